The van der Waals surface area contributed by atoms with Crippen molar-refractivity contribution in [3.63, 3.8) is 0 Å². The third-order valence-electron chi connectivity index (χ3n) is 3.58. The Labute approximate surface area is 126 Å². The number of pyridine rings is 1. The molecule has 0 amide bonds. The maximum Gasteiger partial charge on any atom is 0.355 e. The molecule has 1 aromatic carbocycles. The van der Waals surface area contributed by atoms with E-state index in [9.17, 15) is 9.59 Å². The Balaban J connectivity index is 2.40. The van der Waals surface area contributed by atoms with Gasteiger partial charge in [0.15, 0.2) is 5.43 Å². The van der Waals surface area contributed by atoms with Crippen LogP contribution in [-0.2, 0) is 4.74 Å². The van der Waals surface area contributed by atoms with Crippen LogP contribution in [0.25, 0.3) is 22.2 Å². The second-order valence-electron chi connectivity index (χ2n) is 5.01. The van der Waals surface area contributed by atoms with E-state index in [1.807, 2.05) is 19.1 Å². The highest BCUT2D eigenvalue weighted by atomic mass is 16.5. The van der Waals surface area contributed by atoms with Crippen LogP contribution >= 0.6 is 0 Å². The molecule has 0 fully saturated rings. The lowest BCUT2D eigenvalue weighted by molar-refractivity contribution is 0.0521. The molecule has 0 radical (unpaired) electrons. The first-order valence-electron chi connectivity index (χ1n) is 7.10. The zero-order chi connectivity index (χ0) is 15.7. The molecule has 0 atom stereocenters. The van der Waals surface area contributed by atoms with Gasteiger partial charge in [-0.05, 0) is 37.6 Å². The number of ether oxygens (including phenoxy) is 1. The predicted octanol–water partition coefficient (Wildman–Crippen LogP) is 3.01. The molecule has 0 spiro atoms. The van der Waals surface area contributed by atoms with E-state index in [-0.39, 0.29) is 17.7 Å². The molecule has 112 valence electrons. The van der Waals surface area contributed by atoms with Crippen molar-refractivity contribution in [1.29, 1.82) is 0 Å². The third kappa shape index (κ3) is 2.20. The number of carbonyl (C=O) groups excluding carboxylic acids is 1. The molecule has 5 heteroatoms. The first kappa shape index (κ1) is 14.1. The second kappa shape index (κ2) is 5.52. The Hall–Kier alpha value is -2.82. The van der Waals surface area contributed by atoms with E-state index in [1.54, 1.807) is 31.3 Å². The molecular weight excluding hydrogens is 280 g/mol. The van der Waals surface area contributed by atoms with Crippen molar-refractivity contribution < 1.29 is 9.53 Å². The Morgan fingerprint density at radius 3 is 2.73 bits per heavy atom. The standard InChI is InChI=1S/C17H16N2O3/c1-3-22-17(21)15-14(11-8-5-9-18-11)16(20)13-10(2)6-4-7-12(13)19-15/h4-9,18H,3H2,1-2H3,(H,19,20). The number of aromatic nitrogens is 2. The number of rotatable bonds is 3. The minimum atomic E-state index is -0.535. The molecule has 0 saturated heterocycles. The first-order chi connectivity index (χ1) is 10.6. The number of aromatic amines is 2. The van der Waals surface area contributed by atoms with Crippen LogP contribution in [0, 0.1) is 6.92 Å². The van der Waals surface area contributed by atoms with Crippen molar-refractivity contribution in [3.05, 3.63) is 58.0 Å². The number of esters is 1. The van der Waals surface area contributed by atoms with Crippen molar-refractivity contribution >= 4 is 16.9 Å². The van der Waals surface area contributed by atoms with Crippen molar-refractivity contribution in [2.45, 2.75) is 13.8 Å². The summed E-state index contributed by atoms with van der Waals surface area (Å²) in [6, 6.07) is 9.05. The number of hydrogen-bond donors (Lipinski definition) is 2. The highest BCUT2D eigenvalue weighted by Gasteiger charge is 2.21. The largest absolute Gasteiger partial charge is 0.461 e. The summed E-state index contributed by atoms with van der Waals surface area (Å²) >= 11 is 0. The lowest BCUT2D eigenvalue weighted by Gasteiger charge is -2.11. The van der Waals surface area contributed by atoms with Gasteiger partial charge in [0.25, 0.3) is 0 Å². The van der Waals surface area contributed by atoms with E-state index < -0.39 is 5.97 Å². The summed E-state index contributed by atoms with van der Waals surface area (Å²) in [5.41, 5.74) is 2.38. The molecule has 22 heavy (non-hydrogen) atoms. The Morgan fingerprint density at radius 2 is 2.05 bits per heavy atom. The summed E-state index contributed by atoms with van der Waals surface area (Å²) in [5.74, 6) is -0.535. The summed E-state index contributed by atoms with van der Waals surface area (Å²) < 4.78 is 5.08. The van der Waals surface area contributed by atoms with Crippen molar-refractivity contribution in [1.82, 2.24) is 9.97 Å². The van der Waals surface area contributed by atoms with Crippen LogP contribution in [-0.4, -0.2) is 22.5 Å². The molecule has 5 nitrogen and oxygen atoms in total. The van der Waals surface area contributed by atoms with Gasteiger partial charge in [-0.1, -0.05) is 12.1 Å². The molecule has 0 saturated carbocycles. The molecule has 0 bridgehead atoms. The molecule has 0 aliphatic rings. The lowest BCUT2D eigenvalue weighted by atomic mass is 10.0. The Kier molecular flexibility index (Phi) is 3.55. The van der Waals surface area contributed by atoms with Gasteiger partial charge in [0, 0.05) is 11.6 Å². The monoisotopic (exact) mass is 296 g/mol. The van der Waals surface area contributed by atoms with Gasteiger partial charge in [-0.25, -0.2) is 4.79 Å². The Morgan fingerprint density at radius 1 is 1.23 bits per heavy atom. The predicted molar refractivity (Wildman–Crippen MR) is 85.0 cm³/mol. The molecule has 0 aliphatic heterocycles. The van der Waals surface area contributed by atoms with E-state index in [1.165, 1.54) is 0 Å². The van der Waals surface area contributed by atoms with Gasteiger partial charge < -0.3 is 14.7 Å². The van der Waals surface area contributed by atoms with Crippen LogP contribution in [0.3, 0.4) is 0 Å². The maximum absolute atomic E-state index is 12.9. The molecule has 2 N–H and O–H groups in total. The summed E-state index contributed by atoms with van der Waals surface area (Å²) in [6.45, 7) is 3.85. The average molecular weight is 296 g/mol. The van der Waals surface area contributed by atoms with E-state index in [0.29, 0.717) is 22.2 Å². The van der Waals surface area contributed by atoms with Gasteiger partial charge in [-0.2, -0.15) is 0 Å². The van der Waals surface area contributed by atoms with E-state index in [2.05, 4.69) is 9.97 Å². The van der Waals surface area contributed by atoms with E-state index in [0.717, 1.165) is 5.56 Å². The smallest absolute Gasteiger partial charge is 0.355 e. The van der Waals surface area contributed by atoms with Crippen LogP contribution in [0.5, 0.6) is 0 Å². The highest BCUT2D eigenvalue weighted by Crippen LogP contribution is 2.23. The van der Waals surface area contributed by atoms with Gasteiger partial charge in [0.05, 0.1) is 23.4 Å². The molecule has 2 heterocycles. The third-order valence-corrected chi connectivity index (χ3v) is 3.58. The van der Waals surface area contributed by atoms with Gasteiger partial charge in [0.1, 0.15) is 5.69 Å². The quantitative estimate of drug-likeness (QED) is 0.730. The first-order valence-corrected chi connectivity index (χ1v) is 7.10. The number of benzene rings is 1. The molecular formula is C17H16N2O3. The number of hydrogen-bond acceptors (Lipinski definition) is 3. The van der Waals surface area contributed by atoms with E-state index >= 15 is 0 Å². The van der Waals surface area contributed by atoms with E-state index in [4.69, 9.17) is 4.74 Å². The summed E-state index contributed by atoms with van der Waals surface area (Å²) in [7, 11) is 0. The van der Waals surface area contributed by atoms with Crippen molar-refractivity contribution in [2.24, 2.45) is 0 Å². The molecule has 3 rings (SSSR count). The summed E-state index contributed by atoms with van der Waals surface area (Å²) in [4.78, 5) is 31.2. The average Bonchev–Trinajstić information content (AvgIpc) is 3.01. The van der Waals surface area contributed by atoms with Crippen LogP contribution in [0.1, 0.15) is 23.0 Å². The second-order valence-corrected chi connectivity index (χ2v) is 5.01. The lowest BCUT2D eigenvalue weighted by Crippen LogP contribution is -2.18. The SMILES string of the molecule is CCOC(=O)c1[nH]c2cccc(C)c2c(=O)c1-c1ccc[nH]1. The molecule has 0 aliphatic carbocycles. The maximum atomic E-state index is 12.9. The fourth-order valence-corrected chi connectivity index (χ4v) is 2.61. The van der Waals surface area contributed by atoms with Crippen LogP contribution in [0.2, 0.25) is 0 Å². The zero-order valence-electron chi connectivity index (χ0n) is 12.4. The molecule has 0 unspecified atom stereocenters. The highest BCUT2D eigenvalue weighted by molar-refractivity contribution is 5.99. The van der Waals surface area contributed by atoms with Crippen LogP contribution < -0.4 is 5.43 Å². The molecule has 2 aromatic heterocycles. The fraction of sp³-hybridized carbons (Fsp3) is 0.176. The van der Waals surface area contributed by atoms with Gasteiger partial charge in [-0.15, -0.1) is 0 Å². The number of carbonyl (C=O) groups is 1. The zero-order valence-corrected chi connectivity index (χ0v) is 12.4. The van der Waals surface area contributed by atoms with Crippen LogP contribution in [0.15, 0.2) is 41.3 Å². The fourth-order valence-electron chi connectivity index (χ4n) is 2.61. The number of fused-ring (bicyclic) bond motifs is 1. The minimum Gasteiger partial charge on any atom is -0.461 e. The summed E-state index contributed by atoms with van der Waals surface area (Å²) in [5, 5.41) is 0.583. The van der Waals surface area contributed by atoms with Gasteiger partial charge in [-0.3, -0.25) is 4.79 Å². The summed E-state index contributed by atoms with van der Waals surface area (Å²) in [6.07, 6.45) is 1.71. The van der Waals surface area contributed by atoms with Crippen molar-refractivity contribution in [3.8, 4) is 11.3 Å². The number of H-pyrrole nitrogens is 2. The Bertz CT molecular complexity index is 892. The van der Waals surface area contributed by atoms with Gasteiger partial charge >= 0.3 is 5.97 Å². The minimum absolute atomic E-state index is 0.174. The topological polar surface area (TPSA) is 75.0 Å². The normalized spacial score (nSPS) is 10.8. The number of nitrogens with one attached hydrogen (secondary N) is 2. The molecule has 3 aromatic rings. The van der Waals surface area contributed by atoms with Crippen molar-refractivity contribution in [2.75, 3.05) is 6.61 Å². The number of aryl methyl sites for hydroxylation is 1. The van der Waals surface area contributed by atoms with Gasteiger partial charge in [0.2, 0.25) is 0 Å². The van der Waals surface area contributed by atoms with Crippen LogP contribution in [0.4, 0.5) is 0 Å².